The van der Waals surface area contributed by atoms with Crippen LogP contribution in [-0.2, 0) is 0 Å². The Balaban J connectivity index is 2.12. The largest absolute Gasteiger partial charge is 0.497 e. The fourth-order valence-corrected chi connectivity index (χ4v) is 2.15. The van der Waals surface area contributed by atoms with Crippen LogP contribution in [0, 0.1) is 0 Å². The first kappa shape index (κ1) is 10.9. The van der Waals surface area contributed by atoms with E-state index in [1.165, 1.54) is 19.1 Å². The standard InChI is InChI=1S/C14H13OP/c1-15-13-7-9-14(10-8-13)16-11-12-5-3-2-4-6-12/h2-11H,1H3. The van der Waals surface area contributed by atoms with Crippen LogP contribution < -0.4 is 10.0 Å². The van der Waals surface area contributed by atoms with Crippen LogP contribution in [0.1, 0.15) is 5.56 Å². The van der Waals surface area contributed by atoms with Gasteiger partial charge in [0.05, 0.1) is 7.11 Å². The van der Waals surface area contributed by atoms with Crippen molar-refractivity contribution in [2.45, 2.75) is 0 Å². The minimum atomic E-state index is 0.902. The molecule has 0 spiro atoms. The van der Waals surface area contributed by atoms with E-state index in [9.17, 15) is 0 Å². The van der Waals surface area contributed by atoms with Gasteiger partial charge < -0.3 is 4.74 Å². The van der Waals surface area contributed by atoms with Crippen molar-refractivity contribution >= 4 is 19.3 Å². The monoisotopic (exact) mass is 228 g/mol. The van der Waals surface area contributed by atoms with E-state index in [4.69, 9.17) is 4.74 Å². The molecular formula is C14H13OP. The van der Waals surface area contributed by atoms with E-state index < -0.39 is 0 Å². The first-order valence-corrected chi connectivity index (χ1v) is 6.08. The second-order valence-corrected chi connectivity index (χ2v) is 4.40. The molecule has 16 heavy (non-hydrogen) atoms. The first-order valence-electron chi connectivity index (χ1n) is 5.11. The summed E-state index contributed by atoms with van der Waals surface area (Å²) in [6, 6.07) is 18.5. The lowest BCUT2D eigenvalue weighted by molar-refractivity contribution is 0.415. The van der Waals surface area contributed by atoms with E-state index >= 15 is 0 Å². The lowest BCUT2D eigenvalue weighted by atomic mass is 10.2. The molecule has 0 bridgehead atoms. The van der Waals surface area contributed by atoms with Crippen LogP contribution in [0.25, 0.3) is 0 Å². The highest BCUT2D eigenvalue weighted by Crippen LogP contribution is 2.09. The van der Waals surface area contributed by atoms with Gasteiger partial charge >= 0.3 is 0 Å². The molecule has 0 amide bonds. The molecule has 0 atom stereocenters. The molecular weight excluding hydrogens is 215 g/mol. The molecule has 2 aromatic carbocycles. The third-order valence-corrected chi connectivity index (χ3v) is 3.26. The number of benzene rings is 2. The predicted octanol–water partition coefficient (Wildman–Crippen LogP) is 3.12. The second-order valence-electron chi connectivity index (χ2n) is 3.37. The Labute approximate surface area is 97.5 Å². The van der Waals surface area contributed by atoms with Crippen molar-refractivity contribution in [3.63, 3.8) is 0 Å². The molecule has 0 N–H and O–H groups in total. The van der Waals surface area contributed by atoms with Crippen LogP contribution in [0.3, 0.4) is 0 Å². The van der Waals surface area contributed by atoms with Crippen LogP contribution >= 0.6 is 8.20 Å². The van der Waals surface area contributed by atoms with Gasteiger partial charge in [-0.3, -0.25) is 0 Å². The Morgan fingerprint density at radius 3 is 2.25 bits per heavy atom. The van der Waals surface area contributed by atoms with Gasteiger partial charge in [-0.1, -0.05) is 38.5 Å². The summed E-state index contributed by atoms with van der Waals surface area (Å²) in [6.07, 6.45) is 0. The van der Waals surface area contributed by atoms with Gasteiger partial charge in [0.25, 0.3) is 0 Å². The Morgan fingerprint density at radius 1 is 0.938 bits per heavy atom. The average Bonchev–Trinajstić information content (AvgIpc) is 2.38. The van der Waals surface area contributed by atoms with E-state index in [-0.39, 0.29) is 0 Å². The number of hydrogen-bond acceptors (Lipinski definition) is 1. The van der Waals surface area contributed by atoms with E-state index in [1.54, 1.807) is 7.11 Å². The Morgan fingerprint density at radius 2 is 1.62 bits per heavy atom. The third-order valence-electron chi connectivity index (χ3n) is 2.23. The Kier molecular flexibility index (Phi) is 3.74. The van der Waals surface area contributed by atoms with Crippen LogP contribution in [-0.4, -0.2) is 12.9 Å². The Hall–Kier alpha value is -1.59. The highest BCUT2D eigenvalue weighted by Gasteiger charge is 1.90. The number of methoxy groups -OCH3 is 1. The van der Waals surface area contributed by atoms with Crippen LogP contribution in [0.5, 0.6) is 5.75 Å². The summed E-state index contributed by atoms with van der Waals surface area (Å²) < 4.78 is 5.12. The van der Waals surface area contributed by atoms with Crippen molar-refractivity contribution in [2.24, 2.45) is 0 Å². The molecule has 80 valence electrons. The quantitative estimate of drug-likeness (QED) is 0.733. The highest BCUT2D eigenvalue weighted by atomic mass is 31.1. The lowest BCUT2D eigenvalue weighted by Gasteiger charge is -1.98. The van der Waals surface area contributed by atoms with Gasteiger partial charge in [-0.2, -0.15) is 0 Å². The van der Waals surface area contributed by atoms with Gasteiger partial charge in [-0.05, 0) is 35.6 Å². The summed E-state index contributed by atoms with van der Waals surface area (Å²) in [4.78, 5) is 0. The molecule has 0 aliphatic heterocycles. The third kappa shape index (κ3) is 2.95. The van der Waals surface area contributed by atoms with Crippen molar-refractivity contribution in [1.29, 1.82) is 0 Å². The highest BCUT2D eigenvalue weighted by molar-refractivity contribution is 7.47. The predicted molar refractivity (Wildman–Crippen MR) is 71.2 cm³/mol. The van der Waals surface area contributed by atoms with Crippen molar-refractivity contribution < 1.29 is 4.74 Å². The van der Waals surface area contributed by atoms with Crippen molar-refractivity contribution in [2.75, 3.05) is 7.11 Å². The fourth-order valence-electron chi connectivity index (χ4n) is 1.36. The lowest BCUT2D eigenvalue weighted by Crippen LogP contribution is -1.91. The van der Waals surface area contributed by atoms with Gasteiger partial charge in [0.1, 0.15) is 5.75 Å². The van der Waals surface area contributed by atoms with E-state index in [2.05, 4.69) is 42.2 Å². The minimum Gasteiger partial charge on any atom is -0.497 e. The van der Waals surface area contributed by atoms with E-state index in [0.29, 0.717) is 0 Å². The van der Waals surface area contributed by atoms with E-state index in [0.717, 1.165) is 5.75 Å². The fraction of sp³-hybridized carbons (Fsp3) is 0.0714. The summed E-state index contributed by atoms with van der Waals surface area (Å²) >= 11 is 0. The molecule has 1 nitrogen and oxygen atoms in total. The normalized spacial score (nSPS) is 10.6. The van der Waals surface area contributed by atoms with Crippen LogP contribution in [0.15, 0.2) is 54.6 Å². The molecule has 0 fully saturated rings. The summed E-state index contributed by atoms with van der Waals surface area (Å²) in [5, 5.41) is 1.27. The zero-order valence-corrected chi connectivity index (χ0v) is 10.0. The summed E-state index contributed by atoms with van der Waals surface area (Å²) in [5.41, 5.74) is 1.25. The van der Waals surface area contributed by atoms with Crippen molar-refractivity contribution in [3.05, 3.63) is 60.2 Å². The molecule has 0 unspecified atom stereocenters. The summed E-state index contributed by atoms with van der Waals surface area (Å²) in [5.74, 6) is 3.10. The van der Waals surface area contributed by atoms with Gasteiger partial charge in [0, 0.05) is 5.30 Å². The van der Waals surface area contributed by atoms with Crippen LogP contribution in [0.2, 0.25) is 0 Å². The maximum absolute atomic E-state index is 5.12. The molecule has 0 saturated heterocycles. The number of ether oxygens (including phenoxy) is 1. The van der Waals surface area contributed by atoms with Gasteiger partial charge in [-0.25, -0.2) is 0 Å². The maximum Gasteiger partial charge on any atom is 0.118 e. The van der Waals surface area contributed by atoms with Gasteiger partial charge in [-0.15, -0.1) is 0 Å². The van der Waals surface area contributed by atoms with Gasteiger partial charge in [0.2, 0.25) is 0 Å². The number of hydrogen-bond donors (Lipinski definition) is 0. The van der Waals surface area contributed by atoms with Gasteiger partial charge in [0.15, 0.2) is 0 Å². The zero-order chi connectivity index (χ0) is 11.2. The molecule has 0 saturated carbocycles. The molecule has 2 aromatic rings. The first-order chi connectivity index (χ1) is 7.88. The average molecular weight is 228 g/mol. The van der Waals surface area contributed by atoms with Crippen LogP contribution in [0.4, 0.5) is 0 Å². The van der Waals surface area contributed by atoms with E-state index in [1.807, 2.05) is 18.2 Å². The second kappa shape index (κ2) is 5.48. The SMILES string of the molecule is COc1ccc(P=Cc2ccccc2)cc1. The van der Waals surface area contributed by atoms with Crippen molar-refractivity contribution in [1.82, 2.24) is 0 Å². The molecule has 2 rings (SSSR count). The molecule has 0 radical (unpaired) electrons. The molecule has 0 heterocycles. The topological polar surface area (TPSA) is 9.23 Å². The summed E-state index contributed by atoms with van der Waals surface area (Å²) in [6.45, 7) is 0. The smallest absolute Gasteiger partial charge is 0.118 e. The number of rotatable bonds is 3. The zero-order valence-electron chi connectivity index (χ0n) is 9.13. The molecule has 0 aliphatic rings. The summed E-state index contributed by atoms with van der Waals surface area (Å²) in [7, 11) is 2.89. The molecule has 0 aliphatic carbocycles. The Bertz CT molecular complexity index is 460. The minimum absolute atomic E-state index is 0.902. The molecule has 0 aromatic heterocycles. The maximum atomic E-state index is 5.12. The van der Waals surface area contributed by atoms with Crippen molar-refractivity contribution in [3.8, 4) is 5.75 Å². The molecule has 2 heteroatoms.